The van der Waals surface area contributed by atoms with E-state index in [9.17, 15) is 33.2 Å². The van der Waals surface area contributed by atoms with Crippen LogP contribution in [0, 0.1) is 22.0 Å². The number of thioether (sulfide) groups is 1. The fourth-order valence-corrected chi connectivity index (χ4v) is 7.42. The molecule has 14 heteroatoms. The van der Waals surface area contributed by atoms with Crippen molar-refractivity contribution in [3.8, 4) is 0 Å². The Morgan fingerprint density at radius 2 is 2.03 bits per heavy atom. The van der Waals surface area contributed by atoms with Gasteiger partial charge in [-0.3, -0.25) is 14.9 Å². The number of carbonyl (C=O) groups excluding carboxylic acids is 2. The van der Waals surface area contributed by atoms with Gasteiger partial charge in [-0.1, -0.05) is 6.92 Å². The first kappa shape index (κ1) is 26.5. The van der Waals surface area contributed by atoms with Crippen LogP contribution in [0.1, 0.15) is 32.3 Å². The highest BCUT2D eigenvalue weighted by molar-refractivity contribution is 8.03. The molecule has 3 aliphatic heterocycles. The molecular weight excluding hydrogens is 512 g/mol. The van der Waals surface area contributed by atoms with E-state index in [1.807, 2.05) is 6.92 Å². The third kappa shape index (κ3) is 5.00. The number of nitro groups is 1. The van der Waals surface area contributed by atoms with Gasteiger partial charge in [0.05, 0.1) is 23.0 Å². The predicted molar refractivity (Wildman–Crippen MR) is 130 cm³/mol. The standard InChI is InChI=1S/C22H28N4O8S2/c1-12-18-17(13(2)27)21(28)25(18)19(20(12)35-16-4-3-9-24(10-16)36(23,32)33)22(29)34-11-14-5-7-15(8-6-14)26(30)31/h5-8,12-13,16-18,27H,3-4,9-11H2,1-2H3,(H2,23,32,33)/t12-,13-,16?,17-,18-/m1/s1. The van der Waals surface area contributed by atoms with E-state index in [1.54, 1.807) is 0 Å². The molecule has 1 unspecified atom stereocenters. The van der Waals surface area contributed by atoms with Crippen LogP contribution >= 0.6 is 11.8 Å². The smallest absolute Gasteiger partial charge is 0.356 e. The molecule has 5 atom stereocenters. The van der Waals surface area contributed by atoms with E-state index >= 15 is 0 Å². The summed E-state index contributed by atoms with van der Waals surface area (Å²) in [6, 6.07) is 5.18. The largest absolute Gasteiger partial charge is 0.456 e. The Labute approximate surface area is 212 Å². The molecule has 0 aromatic heterocycles. The van der Waals surface area contributed by atoms with Crippen LogP contribution in [0.4, 0.5) is 5.69 Å². The molecule has 3 heterocycles. The van der Waals surface area contributed by atoms with Gasteiger partial charge in [0.25, 0.3) is 15.9 Å². The number of nitro benzene ring substituents is 1. The monoisotopic (exact) mass is 540 g/mol. The van der Waals surface area contributed by atoms with Gasteiger partial charge in [0, 0.05) is 41.3 Å². The summed E-state index contributed by atoms with van der Waals surface area (Å²) >= 11 is 1.35. The lowest BCUT2D eigenvalue weighted by molar-refractivity contribution is -0.384. The lowest BCUT2D eigenvalue weighted by atomic mass is 9.79. The second kappa shape index (κ2) is 10.1. The highest BCUT2D eigenvalue weighted by Gasteiger charge is 2.60. The first-order chi connectivity index (χ1) is 16.9. The van der Waals surface area contributed by atoms with Crippen molar-refractivity contribution in [2.24, 2.45) is 17.0 Å². The summed E-state index contributed by atoms with van der Waals surface area (Å²) < 4.78 is 30.4. The molecule has 0 aliphatic carbocycles. The van der Waals surface area contributed by atoms with E-state index < -0.39 is 39.2 Å². The van der Waals surface area contributed by atoms with Crippen LogP contribution < -0.4 is 5.14 Å². The van der Waals surface area contributed by atoms with E-state index in [1.165, 1.54) is 52.2 Å². The Balaban J connectivity index is 1.57. The van der Waals surface area contributed by atoms with Crippen LogP contribution in [0.3, 0.4) is 0 Å². The van der Waals surface area contributed by atoms with Gasteiger partial charge in [-0.2, -0.15) is 12.7 Å². The molecule has 2 fully saturated rings. The maximum atomic E-state index is 13.2. The van der Waals surface area contributed by atoms with E-state index in [0.29, 0.717) is 29.9 Å². The molecule has 3 aliphatic rings. The van der Waals surface area contributed by atoms with E-state index in [-0.39, 0.29) is 41.6 Å². The molecule has 196 valence electrons. The number of hydrogen-bond donors (Lipinski definition) is 2. The van der Waals surface area contributed by atoms with Crippen LogP contribution in [0.15, 0.2) is 34.9 Å². The average molecular weight is 541 g/mol. The van der Waals surface area contributed by atoms with E-state index in [2.05, 4.69) is 0 Å². The van der Waals surface area contributed by atoms with Crippen molar-refractivity contribution < 1.29 is 32.8 Å². The van der Waals surface area contributed by atoms with E-state index in [0.717, 1.165) is 0 Å². The third-order valence-corrected chi connectivity index (χ3v) is 9.40. The van der Waals surface area contributed by atoms with Crippen molar-refractivity contribution in [3.05, 3.63) is 50.5 Å². The molecule has 1 aromatic carbocycles. The molecule has 3 N–H and O–H groups in total. The fourth-order valence-electron chi connectivity index (χ4n) is 5.01. The van der Waals surface area contributed by atoms with Gasteiger partial charge in [-0.15, -0.1) is 11.8 Å². The topological polar surface area (TPSA) is 173 Å². The van der Waals surface area contributed by atoms with Gasteiger partial charge in [-0.05, 0) is 37.5 Å². The number of ether oxygens (including phenoxy) is 1. The number of non-ortho nitro benzene ring substituents is 1. The van der Waals surface area contributed by atoms with Crippen molar-refractivity contribution in [1.82, 2.24) is 9.21 Å². The molecule has 1 amide bonds. The second-order valence-electron chi connectivity index (χ2n) is 9.25. The van der Waals surface area contributed by atoms with Crippen molar-refractivity contribution >= 4 is 39.5 Å². The lowest BCUT2D eigenvalue weighted by Crippen LogP contribution is -2.63. The summed E-state index contributed by atoms with van der Waals surface area (Å²) in [6.07, 6.45) is 0.421. The normalized spacial score (nSPS) is 27.4. The maximum absolute atomic E-state index is 13.2. The number of aliphatic hydroxyl groups is 1. The summed E-state index contributed by atoms with van der Waals surface area (Å²) in [7, 11) is -3.85. The van der Waals surface area contributed by atoms with Gasteiger partial charge in [0.2, 0.25) is 5.91 Å². The number of piperidine rings is 1. The SMILES string of the molecule is C[C@@H](O)[C@H]1C(=O)N2C(C(=O)OCc3ccc([N+](=O)[O-])cc3)=C(SC3CCCN(S(N)(=O)=O)C3)[C@H](C)[C@H]12. The first-order valence-electron chi connectivity index (χ1n) is 11.5. The molecule has 0 bridgehead atoms. The van der Waals surface area contributed by atoms with Gasteiger partial charge >= 0.3 is 5.97 Å². The quantitative estimate of drug-likeness (QED) is 0.212. The predicted octanol–water partition coefficient (Wildman–Crippen LogP) is 1.11. The van der Waals surface area contributed by atoms with Crippen LogP contribution in [0.5, 0.6) is 0 Å². The van der Waals surface area contributed by atoms with Crippen LogP contribution in [-0.4, -0.2) is 70.0 Å². The molecule has 4 rings (SSSR count). The Kier molecular flexibility index (Phi) is 7.44. The number of benzene rings is 1. The number of amides is 1. The van der Waals surface area contributed by atoms with Crippen LogP contribution in [0.25, 0.3) is 0 Å². The molecule has 1 aromatic rings. The van der Waals surface area contributed by atoms with Gasteiger partial charge in [0.15, 0.2) is 0 Å². The first-order valence-corrected chi connectivity index (χ1v) is 13.9. The number of fused-ring (bicyclic) bond motifs is 1. The highest BCUT2D eigenvalue weighted by atomic mass is 32.2. The molecule has 0 saturated carbocycles. The summed E-state index contributed by atoms with van der Waals surface area (Å²) in [5.41, 5.74) is 0.559. The maximum Gasteiger partial charge on any atom is 0.356 e. The molecule has 36 heavy (non-hydrogen) atoms. The number of carbonyl (C=O) groups is 2. The van der Waals surface area contributed by atoms with Crippen molar-refractivity contribution in [2.75, 3.05) is 13.1 Å². The lowest BCUT2D eigenvalue weighted by Gasteiger charge is -2.46. The third-order valence-electron chi connectivity index (χ3n) is 6.81. The number of hydrogen-bond acceptors (Lipinski definition) is 9. The zero-order chi connectivity index (χ0) is 26.4. The van der Waals surface area contributed by atoms with Crippen LogP contribution in [0.2, 0.25) is 0 Å². The summed E-state index contributed by atoms with van der Waals surface area (Å²) in [6.45, 7) is 3.77. The Hall–Kier alpha value is -2.52. The molecule has 2 saturated heterocycles. The van der Waals surface area contributed by atoms with Gasteiger partial charge < -0.3 is 14.7 Å². The number of nitrogens with two attached hydrogens (primary N) is 1. The summed E-state index contributed by atoms with van der Waals surface area (Å²) in [5, 5.41) is 26.1. The zero-order valence-electron chi connectivity index (χ0n) is 19.8. The average Bonchev–Trinajstić information content (AvgIpc) is 3.05. The Morgan fingerprint density at radius 3 is 2.61 bits per heavy atom. The number of nitrogens with zero attached hydrogens (tertiary/aromatic N) is 3. The second-order valence-corrected chi connectivity index (χ2v) is 12.1. The summed E-state index contributed by atoms with van der Waals surface area (Å²) in [4.78, 5) is 38.4. The Bertz CT molecular complexity index is 1200. The van der Waals surface area contributed by atoms with Gasteiger partial charge in [0.1, 0.15) is 12.3 Å². The Morgan fingerprint density at radius 1 is 1.36 bits per heavy atom. The minimum Gasteiger partial charge on any atom is -0.456 e. The van der Waals surface area contributed by atoms with E-state index in [4.69, 9.17) is 9.88 Å². The van der Waals surface area contributed by atoms with Crippen LogP contribution in [-0.2, 0) is 31.1 Å². The minimum absolute atomic E-state index is 0.0877. The fraction of sp³-hybridized carbons (Fsp3) is 0.545. The van der Waals surface area contributed by atoms with Crippen molar-refractivity contribution in [1.29, 1.82) is 0 Å². The van der Waals surface area contributed by atoms with Crippen molar-refractivity contribution in [2.45, 2.75) is 50.7 Å². The highest BCUT2D eigenvalue weighted by Crippen LogP contribution is 2.52. The number of β-lactam (4-membered cyclic amide) rings is 1. The molecule has 0 radical (unpaired) electrons. The summed E-state index contributed by atoms with van der Waals surface area (Å²) in [5.74, 6) is -2.00. The number of esters is 1. The van der Waals surface area contributed by atoms with Gasteiger partial charge in [-0.25, -0.2) is 9.93 Å². The van der Waals surface area contributed by atoms with Crippen molar-refractivity contribution in [3.63, 3.8) is 0 Å². The molecule has 0 spiro atoms. The number of rotatable bonds is 8. The number of aliphatic hydroxyl groups excluding tert-OH is 1. The zero-order valence-corrected chi connectivity index (χ0v) is 21.4. The minimum atomic E-state index is -3.85. The molecule has 12 nitrogen and oxygen atoms in total. The molecular formula is C22H28N4O8S2.